The molecule has 80 valence electrons. The van der Waals surface area contributed by atoms with E-state index in [2.05, 4.69) is 4.98 Å². The van der Waals surface area contributed by atoms with Crippen LogP contribution in [-0.2, 0) is 0 Å². The Balaban J connectivity index is 2.53. The number of rotatable bonds is 1. The van der Waals surface area contributed by atoms with Crippen LogP contribution in [0.3, 0.4) is 0 Å². The van der Waals surface area contributed by atoms with Crippen LogP contribution in [0, 0.1) is 0 Å². The molecule has 0 aliphatic rings. The fourth-order valence-electron chi connectivity index (χ4n) is 1.53. The summed E-state index contributed by atoms with van der Waals surface area (Å²) in [6.45, 7) is 0. The average molecular weight is 264 g/mol. The Kier molecular flexibility index (Phi) is 2.86. The van der Waals surface area contributed by atoms with Crippen LogP contribution in [0.2, 0.25) is 0 Å². The number of para-hydroxylation sites is 1. The van der Waals surface area contributed by atoms with Crippen molar-refractivity contribution in [1.29, 1.82) is 0 Å². The summed E-state index contributed by atoms with van der Waals surface area (Å²) in [5, 5.41) is 0.983. The second-order valence-electron chi connectivity index (χ2n) is 3.31. The van der Waals surface area contributed by atoms with Gasteiger partial charge in [-0.1, -0.05) is 53.0 Å². The van der Waals surface area contributed by atoms with Crippen LogP contribution in [0.4, 0.5) is 0 Å². The van der Waals surface area contributed by atoms with Gasteiger partial charge in [-0.15, -0.1) is 0 Å². The van der Waals surface area contributed by atoms with E-state index in [9.17, 15) is 0 Å². The highest BCUT2D eigenvalue weighted by Crippen LogP contribution is 2.40. The van der Waals surface area contributed by atoms with Gasteiger partial charge >= 0.3 is 0 Å². The van der Waals surface area contributed by atoms with Crippen molar-refractivity contribution in [3.05, 3.63) is 36.0 Å². The molecule has 1 atom stereocenters. The molecule has 2 aromatic rings. The predicted octanol–water partition coefficient (Wildman–Crippen LogP) is 3.54. The third-order valence-corrected chi connectivity index (χ3v) is 3.01. The number of fused-ring (bicyclic) bond motifs is 1. The first-order valence-electron chi connectivity index (χ1n) is 4.38. The molecule has 0 spiro atoms. The lowest BCUT2D eigenvalue weighted by atomic mass is 10.1. The summed E-state index contributed by atoms with van der Waals surface area (Å²) >= 11 is 17.3. The smallest absolute Gasteiger partial charge is 0.209 e. The summed E-state index contributed by atoms with van der Waals surface area (Å²) < 4.78 is -1.50. The number of hydrogen-bond acceptors (Lipinski definition) is 1. The van der Waals surface area contributed by atoms with Crippen LogP contribution in [0.1, 0.15) is 11.6 Å². The third kappa shape index (κ3) is 2.08. The summed E-state index contributed by atoms with van der Waals surface area (Å²) in [5.41, 5.74) is 7.66. The molecule has 1 aromatic heterocycles. The minimum Gasteiger partial charge on any atom is -0.361 e. The zero-order chi connectivity index (χ0) is 11.1. The minimum absolute atomic E-state index is 0.640. The molecule has 0 amide bonds. The number of halogens is 3. The van der Waals surface area contributed by atoms with E-state index in [0.29, 0.717) is 0 Å². The van der Waals surface area contributed by atoms with E-state index in [1.54, 1.807) is 6.20 Å². The van der Waals surface area contributed by atoms with Gasteiger partial charge in [0, 0.05) is 17.1 Å². The van der Waals surface area contributed by atoms with E-state index in [0.717, 1.165) is 16.5 Å². The fraction of sp³-hybridized carbons (Fsp3) is 0.200. The number of alkyl halides is 3. The Morgan fingerprint density at radius 3 is 2.53 bits per heavy atom. The van der Waals surface area contributed by atoms with Crippen molar-refractivity contribution >= 4 is 45.7 Å². The molecule has 2 rings (SSSR count). The molecule has 2 nitrogen and oxygen atoms in total. The molecule has 0 bridgehead atoms. The van der Waals surface area contributed by atoms with Crippen LogP contribution in [0.5, 0.6) is 0 Å². The van der Waals surface area contributed by atoms with E-state index < -0.39 is 9.83 Å². The zero-order valence-electron chi connectivity index (χ0n) is 7.68. The highest BCUT2D eigenvalue weighted by atomic mass is 35.6. The molecular formula is C10H9Cl3N2. The van der Waals surface area contributed by atoms with Crippen molar-refractivity contribution in [2.75, 3.05) is 0 Å². The second-order valence-corrected chi connectivity index (χ2v) is 5.68. The third-order valence-electron chi connectivity index (χ3n) is 2.31. The zero-order valence-corrected chi connectivity index (χ0v) is 9.94. The van der Waals surface area contributed by atoms with Crippen molar-refractivity contribution in [3.8, 4) is 0 Å². The number of nitrogens with two attached hydrogens (primary N) is 1. The first-order valence-corrected chi connectivity index (χ1v) is 5.52. The maximum atomic E-state index is 5.87. The molecule has 5 heteroatoms. The maximum Gasteiger partial charge on any atom is 0.209 e. The first kappa shape index (κ1) is 11.1. The average Bonchev–Trinajstić information content (AvgIpc) is 2.58. The molecule has 0 saturated carbocycles. The number of hydrogen-bond donors (Lipinski definition) is 2. The lowest BCUT2D eigenvalue weighted by Crippen LogP contribution is -2.25. The second kappa shape index (κ2) is 3.87. The van der Waals surface area contributed by atoms with Gasteiger partial charge in [-0.25, -0.2) is 0 Å². The SMILES string of the molecule is N[C@H](c1c[nH]c2ccccc12)C(Cl)(Cl)Cl. The van der Waals surface area contributed by atoms with Gasteiger partial charge in [0.25, 0.3) is 0 Å². The van der Waals surface area contributed by atoms with E-state index >= 15 is 0 Å². The Hall–Kier alpha value is -0.410. The minimum atomic E-state index is -1.50. The Morgan fingerprint density at radius 1 is 1.20 bits per heavy atom. The highest BCUT2D eigenvalue weighted by molar-refractivity contribution is 6.68. The molecule has 15 heavy (non-hydrogen) atoms. The summed E-state index contributed by atoms with van der Waals surface area (Å²) in [5.74, 6) is 0. The van der Waals surface area contributed by atoms with Gasteiger partial charge in [0.05, 0.1) is 6.04 Å². The summed E-state index contributed by atoms with van der Waals surface area (Å²) in [6, 6.07) is 7.11. The van der Waals surface area contributed by atoms with Crippen molar-refractivity contribution < 1.29 is 0 Å². The number of nitrogens with one attached hydrogen (secondary N) is 1. The topological polar surface area (TPSA) is 41.8 Å². The van der Waals surface area contributed by atoms with Gasteiger partial charge in [-0.3, -0.25) is 0 Å². The number of aromatic nitrogens is 1. The predicted molar refractivity (Wildman–Crippen MR) is 65.5 cm³/mol. The van der Waals surface area contributed by atoms with Gasteiger partial charge in [-0.05, 0) is 11.6 Å². The van der Waals surface area contributed by atoms with Crippen LogP contribution in [0.15, 0.2) is 30.5 Å². The van der Waals surface area contributed by atoms with Crippen molar-refractivity contribution in [1.82, 2.24) is 4.98 Å². The Labute approximate surface area is 102 Å². The largest absolute Gasteiger partial charge is 0.361 e. The maximum absolute atomic E-state index is 5.87. The van der Waals surface area contributed by atoms with Crippen molar-refractivity contribution in [3.63, 3.8) is 0 Å². The quantitative estimate of drug-likeness (QED) is 0.759. The molecule has 0 aliphatic carbocycles. The normalized spacial score (nSPS) is 14.4. The Morgan fingerprint density at radius 2 is 1.87 bits per heavy atom. The standard InChI is InChI=1S/C10H9Cl3N2/c11-10(12,13)9(14)7-5-15-8-4-2-1-3-6(7)8/h1-5,9,15H,14H2/t9-/m1/s1. The van der Waals surface area contributed by atoms with Crippen molar-refractivity contribution in [2.24, 2.45) is 5.73 Å². The number of H-pyrrole nitrogens is 1. The highest BCUT2D eigenvalue weighted by Gasteiger charge is 2.32. The molecule has 0 radical (unpaired) electrons. The molecule has 0 unspecified atom stereocenters. The van der Waals surface area contributed by atoms with Gasteiger partial charge in [-0.2, -0.15) is 0 Å². The van der Waals surface area contributed by atoms with Crippen LogP contribution in [0.25, 0.3) is 10.9 Å². The summed E-state index contributed by atoms with van der Waals surface area (Å²) in [7, 11) is 0. The van der Waals surface area contributed by atoms with Gasteiger partial charge in [0.1, 0.15) is 0 Å². The molecular weight excluding hydrogens is 254 g/mol. The van der Waals surface area contributed by atoms with Crippen LogP contribution >= 0.6 is 34.8 Å². The van der Waals surface area contributed by atoms with Gasteiger partial charge in [0.15, 0.2) is 0 Å². The molecule has 0 saturated heterocycles. The molecule has 3 N–H and O–H groups in total. The van der Waals surface area contributed by atoms with E-state index in [1.807, 2.05) is 24.3 Å². The molecule has 0 aliphatic heterocycles. The Bertz CT molecular complexity index is 473. The molecule has 0 fully saturated rings. The van der Waals surface area contributed by atoms with Crippen LogP contribution < -0.4 is 5.73 Å². The molecule has 1 heterocycles. The van der Waals surface area contributed by atoms with E-state index in [1.165, 1.54) is 0 Å². The van der Waals surface area contributed by atoms with E-state index in [-0.39, 0.29) is 0 Å². The summed E-state index contributed by atoms with van der Waals surface area (Å²) in [6.07, 6.45) is 1.78. The van der Waals surface area contributed by atoms with Crippen molar-refractivity contribution in [2.45, 2.75) is 9.83 Å². The van der Waals surface area contributed by atoms with Gasteiger partial charge in [0.2, 0.25) is 3.79 Å². The summed E-state index contributed by atoms with van der Waals surface area (Å²) in [4.78, 5) is 3.09. The van der Waals surface area contributed by atoms with Crippen LogP contribution in [-0.4, -0.2) is 8.78 Å². The lowest BCUT2D eigenvalue weighted by Gasteiger charge is -2.19. The van der Waals surface area contributed by atoms with Gasteiger partial charge < -0.3 is 10.7 Å². The van der Waals surface area contributed by atoms with E-state index in [4.69, 9.17) is 40.5 Å². The first-order chi connectivity index (χ1) is 7.00. The fourth-order valence-corrected chi connectivity index (χ4v) is 1.88. The number of aromatic amines is 1. The lowest BCUT2D eigenvalue weighted by molar-refractivity contribution is 0.754. The molecule has 1 aromatic carbocycles. The number of benzene rings is 1. The monoisotopic (exact) mass is 262 g/mol.